The minimum atomic E-state index is -1.23. The van der Waals surface area contributed by atoms with Crippen LogP contribution in [-0.4, -0.2) is 33.9 Å². The van der Waals surface area contributed by atoms with Gasteiger partial charge in [0.05, 0.1) is 0 Å². The normalized spacial score (nSPS) is 14.2. The Kier molecular flexibility index (Phi) is 4.28. The summed E-state index contributed by atoms with van der Waals surface area (Å²) >= 11 is 0. The molecule has 0 saturated carbocycles. The number of aliphatic hydroxyl groups excluding tert-OH is 2. The van der Waals surface area contributed by atoms with Crippen molar-refractivity contribution in [2.24, 2.45) is 0 Å². The fourth-order valence-electron chi connectivity index (χ4n) is 1.30. The molecule has 4 N–H and O–H groups in total. The van der Waals surface area contributed by atoms with Crippen LogP contribution in [-0.2, 0) is 4.79 Å². The number of carbonyl (C=O) groups excluding carboxylic acids is 1. The van der Waals surface area contributed by atoms with Crippen LogP contribution in [0.4, 0.5) is 0 Å². The van der Waals surface area contributed by atoms with E-state index in [2.05, 4.69) is 5.32 Å². The van der Waals surface area contributed by atoms with Crippen molar-refractivity contribution in [2.75, 3.05) is 6.54 Å². The Morgan fingerprint density at radius 2 is 2.00 bits per heavy atom. The van der Waals surface area contributed by atoms with Gasteiger partial charge in [0.15, 0.2) is 0 Å². The van der Waals surface area contributed by atoms with Crippen molar-refractivity contribution in [1.29, 1.82) is 0 Å². The second-order valence-electron chi connectivity index (χ2n) is 3.51. The summed E-state index contributed by atoms with van der Waals surface area (Å²) in [7, 11) is 0. The van der Waals surface area contributed by atoms with E-state index < -0.39 is 12.2 Å². The highest BCUT2D eigenvalue weighted by Gasteiger charge is 2.20. The van der Waals surface area contributed by atoms with Crippen LogP contribution in [0, 0.1) is 0 Å². The largest absolute Gasteiger partial charge is 0.508 e. The Bertz CT molecular complexity index is 367. The third-order valence-electron chi connectivity index (χ3n) is 2.18. The smallest absolute Gasteiger partial charge is 0.216 e. The van der Waals surface area contributed by atoms with Gasteiger partial charge >= 0.3 is 0 Å². The first-order valence-electron chi connectivity index (χ1n) is 4.91. The number of hydrogen-bond acceptors (Lipinski definition) is 4. The highest BCUT2D eigenvalue weighted by molar-refractivity contribution is 5.72. The molecule has 0 heterocycles. The van der Waals surface area contributed by atoms with Gasteiger partial charge < -0.3 is 20.6 Å². The van der Waals surface area contributed by atoms with Gasteiger partial charge in [0.2, 0.25) is 5.91 Å². The molecule has 16 heavy (non-hydrogen) atoms. The zero-order chi connectivity index (χ0) is 12.1. The first kappa shape index (κ1) is 12.5. The van der Waals surface area contributed by atoms with Gasteiger partial charge in [0.25, 0.3) is 0 Å². The molecule has 0 saturated heterocycles. The first-order chi connectivity index (χ1) is 7.52. The fraction of sp³-hybridized carbons (Fsp3) is 0.364. The molecule has 0 aliphatic rings. The van der Waals surface area contributed by atoms with E-state index in [4.69, 9.17) is 0 Å². The number of rotatable bonds is 4. The second kappa shape index (κ2) is 5.48. The maximum Gasteiger partial charge on any atom is 0.216 e. The minimum absolute atomic E-state index is 0.0646. The Balaban J connectivity index is 2.66. The molecule has 0 spiro atoms. The number of amides is 1. The number of phenolic OH excluding ortho intramolecular Hbond substituents is 1. The molecule has 0 radical (unpaired) electrons. The van der Waals surface area contributed by atoms with Gasteiger partial charge in [-0.05, 0) is 6.07 Å². The molecule has 1 rings (SSSR count). The van der Waals surface area contributed by atoms with Crippen LogP contribution in [0.2, 0.25) is 0 Å². The first-order valence-corrected chi connectivity index (χ1v) is 4.91. The molecule has 88 valence electrons. The van der Waals surface area contributed by atoms with Crippen LogP contribution >= 0.6 is 0 Å². The number of hydrogen-bond donors (Lipinski definition) is 4. The van der Waals surface area contributed by atoms with Gasteiger partial charge in [0.1, 0.15) is 18.0 Å². The molecule has 0 aliphatic carbocycles. The van der Waals surface area contributed by atoms with Crippen molar-refractivity contribution in [3.8, 4) is 5.75 Å². The van der Waals surface area contributed by atoms with E-state index in [1.807, 2.05) is 0 Å². The summed E-state index contributed by atoms with van der Waals surface area (Å²) in [5.41, 5.74) is 0.236. The standard InChI is InChI=1S/C11H15NO4/c1-7(13)12-6-10(15)11(16)8-4-2-3-5-9(8)14/h2-5,10-11,14-16H,6H2,1H3,(H,12,13). The summed E-state index contributed by atoms with van der Waals surface area (Å²) in [4.78, 5) is 10.6. The fourth-order valence-corrected chi connectivity index (χ4v) is 1.30. The summed E-state index contributed by atoms with van der Waals surface area (Å²) in [6.45, 7) is 1.25. The molecule has 2 atom stereocenters. The molecular formula is C11H15NO4. The van der Waals surface area contributed by atoms with Crippen molar-refractivity contribution < 1.29 is 20.1 Å². The van der Waals surface area contributed by atoms with Gasteiger partial charge in [0, 0.05) is 19.0 Å². The van der Waals surface area contributed by atoms with Crippen LogP contribution in [0.25, 0.3) is 0 Å². The number of phenols is 1. The van der Waals surface area contributed by atoms with Crippen LogP contribution in [0.1, 0.15) is 18.6 Å². The molecule has 1 aromatic carbocycles. The summed E-state index contributed by atoms with van der Waals surface area (Å²) in [6, 6.07) is 6.19. The van der Waals surface area contributed by atoms with Gasteiger partial charge in [-0.2, -0.15) is 0 Å². The lowest BCUT2D eigenvalue weighted by Crippen LogP contribution is -2.34. The third-order valence-corrected chi connectivity index (χ3v) is 2.18. The summed E-state index contributed by atoms with van der Waals surface area (Å²) < 4.78 is 0. The molecule has 1 aromatic rings. The number of para-hydroxylation sites is 1. The predicted octanol–water partition coefficient (Wildman–Crippen LogP) is -0.0774. The van der Waals surface area contributed by atoms with E-state index >= 15 is 0 Å². The van der Waals surface area contributed by atoms with E-state index in [1.54, 1.807) is 12.1 Å². The number of aromatic hydroxyl groups is 1. The van der Waals surface area contributed by atoms with Crippen molar-refractivity contribution in [2.45, 2.75) is 19.1 Å². The molecule has 2 unspecified atom stereocenters. The van der Waals surface area contributed by atoms with E-state index in [-0.39, 0.29) is 23.8 Å². The van der Waals surface area contributed by atoms with Gasteiger partial charge in [-0.25, -0.2) is 0 Å². The maximum atomic E-state index is 10.6. The maximum absolute atomic E-state index is 10.6. The Labute approximate surface area is 93.4 Å². The van der Waals surface area contributed by atoms with Crippen molar-refractivity contribution in [1.82, 2.24) is 5.32 Å². The molecule has 5 nitrogen and oxygen atoms in total. The SMILES string of the molecule is CC(=O)NCC(O)C(O)c1ccccc1O. The molecule has 0 fully saturated rings. The quantitative estimate of drug-likeness (QED) is 0.577. The van der Waals surface area contributed by atoms with Gasteiger partial charge in [-0.15, -0.1) is 0 Å². The molecule has 0 aliphatic heterocycles. The van der Waals surface area contributed by atoms with Gasteiger partial charge in [-0.1, -0.05) is 18.2 Å². The van der Waals surface area contributed by atoms with Gasteiger partial charge in [-0.3, -0.25) is 4.79 Å². The van der Waals surface area contributed by atoms with Crippen molar-refractivity contribution in [3.05, 3.63) is 29.8 Å². The highest BCUT2D eigenvalue weighted by atomic mass is 16.3. The van der Waals surface area contributed by atoms with Crippen LogP contribution in [0.3, 0.4) is 0 Å². The van der Waals surface area contributed by atoms with Crippen molar-refractivity contribution in [3.63, 3.8) is 0 Å². The summed E-state index contributed by atoms with van der Waals surface area (Å²) in [5.74, 6) is -0.375. The van der Waals surface area contributed by atoms with E-state index in [1.165, 1.54) is 19.1 Å². The third kappa shape index (κ3) is 3.22. The molecule has 0 aromatic heterocycles. The monoisotopic (exact) mass is 225 g/mol. The van der Waals surface area contributed by atoms with Crippen LogP contribution in [0.15, 0.2) is 24.3 Å². The van der Waals surface area contributed by atoms with Crippen LogP contribution < -0.4 is 5.32 Å². The van der Waals surface area contributed by atoms with E-state index in [9.17, 15) is 20.1 Å². The van der Waals surface area contributed by atoms with Crippen LogP contribution in [0.5, 0.6) is 5.75 Å². The zero-order valence-corrected chi connectivity index (χ0v) is 8.92. The van der Waals surface area contributed by atoms with Crippen molar-refractivity contribution >= 4 is 5.91 Å². The average Bonchev–Trinajstić information content (AvgIpc) is 2.25. The Hall–Kier alpha value is -1.59. The zero-order valence-electron chi connectivity index (χ0n) is 8.92. The number of carbonyl (C=O) groups is 1. The lowest BCUT2D eigenvalue weighted by molar-refractivity contribution is -0.119. The molecule has 0 bridgehead atoms. The Morgan fingerprint density at radius 3 is 2.56 bits per heavy atom. The second-order valence-corrected chi connectivity index (χ2v) is 3.51. The molecule has 5 heteroatoms. The molecule has 1 amide bonds. The average molecular weight is 225 g/mol. The number of aliphatic hydroxyl groups is 2. The lowest BCUT2D eigenvalue weighted by Gasteiger charge is -2.19. The summed E-state index contributed by atoms with van der Waals surface area (Å²) in [5, 5.41) is 31.1. The topological polar surface area (TPSA) is 89.8 Å². The lowest BCUT2D eigenvalue weighted by atomic mass is 10.0. The predicted molar refractivity (Wildman–Crippen MR) is 57.8 cm³/mol. The number of benzene rings is 1. The van der Waals surface area contributed by atoms with E-state index in [0.29, 0.717) is 0 Å². The highest BCUT2D eigenvalue weighted by Crippen LogP contribution is 2.25. The number of nitrogens with one attached hydrogen (secondary N) is 1. The van der Waals surface area contributed by atoms with E-state index in [0.717, 1.165) is 0 Å². The summed E-state index contributed by atoms with van der Waals surface area (Å²) in [6.07, 6.45) is -2.38. The minimum Gasteiger partial charge on any atom is -0.508 e. The Morgan fingerprint density at radius 1 is 1.38 bits per heavy atom. The molecular weight excluding hydrogens is 210 g/mol.